The van der Waals surface area contributed by atoms with E-state index in [1.54, 1.807) is 19.1 Å². The minimum atomic E-state index is -3.51. The normalized spacial score (nSPS) is 14.8. The fourth-order valence-electron chi connectivity index (χ4n) is 2.86. The molecular formula is C16H18N4O2S. The summed E-state index contributed by atoms with van der Waals surface area (Å²) in [6.07, 6.45) is 4.07. The summed E-state index contributed by atoms with van der Waals surface area (Å²) >= 11 is 0. The fraction of sp³-hybridized carbons (Fsp3) is 0.438. The van der Waals surface area contributed by atoms with E-state index in [2.05, 4.69) is 10.2 Å². The number of benzene rings is 1. The molecule has 1 aliphatic heterocycles. The van der Waals surface area contributed by atoms with Crippen LogP contribution in [0.3, 0.4) is 0 Å². The van der Waals surface area contributed by atoms with Crippen LogP contribution in [-0.2, 0) is 28.6 Å². The van der Waals surface area contributed by atoms with Crippen LogP contribution >= 0.6 is 0 Å². The molecule has 120 valence electrons. The molecule has 23 heavy (non-hydrogen) atoms. The lowest BCUT2D eigenvalue weighted by Gasteiger charge is -2.09. The summed E-state index contributed by atoms with van der Waals surface area (Å²) in [7, 11) is -3.51. The van der Waals surface area contributed by atoms with Gasteiger partial charge in [-0.1, -0.05) is 6.42 Å². The molecule has 1 aliphatic rings. The number of fused-ring (bicyclic) bond motifs is 1. The third-order valence-corrected chi connectivity index (χ3v) is 5.79. The zero-order chi connectivity index (χ0) is 16.4. The van der Waals surface area contributed by atoms with Crippen LogP contribution in [0.5, 0.6) is 0 Å². The van der Waals surface area contributed by atoms with E-state index in [4.69, 9.17) is 5.26 Å². The van der Waals surface area contributed by atoms with Gasteiger partial charge in [0.05, 0.1) is 16.5 Å². The molecule has 0 N–H and O–H groups in total. The van der Waals surface area contributed by atoms with Crippen LogP contribution in [0.1, 0.15) is 42.0 Å². The topological polar surface area (TPSA) is 88.6 Å². The highest BCUT2D eigenvalue weighted by Gasteiger charge is 2.22. The number of sulfone groups is 1. The molecule has 7 heteroatoms. The van der Waals surface area contributed by atoms with Gasteiger partial charge >= 0.3 is 0 Å². The number of aryl methyl sites for hydroxylation is 2. The maximum Gasteiger partial charge on any atom is 0.185 e. The molecule has 0 aliphatic carbocycles. The molecule has 0 spiro atoms. The summed E-state index contributed by atoms with van der Waals surface area (Å²) in [6.45, 7) is 2.51. The van der Waals surface area contributed by atoms with Crippen LogP contribution in [0.2, 0.25) is 0 Å². The number of hydrogen-bond acceptors (Lipinski definition) is 5. The Labute approximate surface area is 135 Å². The lowest BCUT2D eigenvalue weighted by Crippen LogP contribution is -2.12. The number of nitriles is 1. The van der Waals surface area contributed by atoms with Crippen molar-refractivity contribution < 1.29 is 8.42 Å². The highest BCUT2D eigenvalue weighted by Crippen LogP contribution is 2.21. The molecule has 2 aromatic rings. The van der Waals surface area contributed by atoms with Crippen molar-refractivity contribution in [1.82, 2.24) is 14.8 Å². The maximum atomic E-state index is 12.7. The van der Waals surface area contributed by atoms with E-state index in [0.29, 0.717) is 17.0 Å². The second kappa shape index (κ2) is 6.13. The zero-order valence-electron chi connectivity index (χ0n) is 13.0. The molecule has 0 amide bonds. The van der Waals surface area contributed by atoms with Gasteiger partial charge in [0.1, 0.15) is 17.4 Å². The Morgan fingerprint density at radius 3 is 2.83 bits per heavy atom. The molecule has 0 bridgehead atoms. The van der Waals surface area contributed by atoms with Crippen LogP contribution in [0.25, 0.3) is 0 Å². The van der Waals surface area contributed by atoms with Crippen LogP contribution in [0.4, 0.5) is 0 Å². The monoisotopic (exact) mass is 330 g/mol. The molecule has 0 unspecified atom stereocenters. The van der Waals surface area contributed by atoms with Gasteiger partial charge in [-0.05, 0) is 43.5 Å². The predicted octanol–water partition coefficient (Wildman–Crippen LogP) is 2.16. The Morgan fingerprint density at radius 1 is 1.26 bits per heavy atom. The summed E-state index contributed by atoms with van der Waals surface area (Å²) in [5.41, 5.74) is 1.15. The van der Waals surface area contributed by atoms with E-state index in [-0.39, 0.29) is 10.6 Å². The van der Waals surface area contributed by atoms with E-state index < -0.39 is 9.84 Å². The van der Waals surface area contributed by atoms with Crippen molar-refractivity contribution in [2.45, 2.75) is 49.8 Å². The highest BCUT2D eigenvalue weighted by molar-refractivity contribution is 7.90. The lowest BCUT2D eigenvalue weighted by molar-refractivity contribution is 0.583. The van der Waals surface area contributed by atoms with Crippen molar-refractivity contribution in [2.75, 3.05) is 0 Å². The average molecular weight is 330 g/mol. The van der Waals surface area contributed by atoms with Gasteiger partial charge in [-0.25, -0.2) is 8.42 Å². The molecule has 0 fully saturated rings. The third-order valence-electron chi connectivity index (χ3n) is 4.18. The smallest absolute Gasteiger partial charge is 0.185 e. The highest BCUT2D eigenvalue weighted by atomic mass is 32.2. The summed E-state index contributed by atoms with van der Waals surface area (Å²) in [5, 5.41) is 17.2. The average Bonchev–Trinajstić information content (AvgIpc) is 2.74. The Kier molecular flexibility index (Phi) is 4.18. The molecule has 0 radical (unpaired) electrons. The van der Waals surface area contributed by atoms with Gasteiger partial charge in [0.15, 0.2) is 9.84 Å². The molecule has 1 aromatic carbocycles. The van der Waals surface area contributed by atoms with E-state index >= 15 is 0 Å². The van der Waals surface area contributed by atoms with Crippen molar-refractivity contribution in [3.05, 3.63) is 41.0 Å². The first-order valence-electron chi connectivity index (χ1n) is 7.66. The summed E-state index contributed by atoms with van der Waals surface area (Å²) in [4.78, 5) is 0.222. The van der Waals surface area contributed by atoms with Crippen LogP contribution in [0.15, 0.2) is 23.1 Å². The minimum absolute atomic E-state index is 0.161. The van der Waals surface area contributed by atoms with Crippen molar-refractivity contribution >= 4 is 9.84 Å². The van der Waals surface area contributed by atoms with Crippen LogP contribution < -0.4 is 0 Å². The summed E-state index contributed by atoms with van der Waals surface area (Å²) < 4.78 is 27.3. The molecule has 3 rings (SSSR count). The van der Waals surface area contributed by atoms with Gasteiger partial charge in [0.2, 0.25) is 0 Å². The minimum Gasteiger partial charge on any atom is -0.314 e. The Hall–Kier alpha value is -2.20. The quantitative estimate of drug-likeness (QED) is 0.860. The fourth-order valence-corrected chi connectivity index (χ4v) is 4.21. The molecule has 1 aromatic heterocycles. The number of nitrogens with zero attached hydrogens (tertiary/aromatic N) is 4. The summed E-state index contributed by atoms with van der Waals surface area (Å²) in [6, 6.07) is 6.63. The maximum absolute atomic E-state index is 12.7. The van der Waals surface area contributed by atoms with E-state index in [0.717, 1.165) is 38.1 Å². The Balaban J connectivity index is 1.92. The number of aromatic nitrogens is 3. The Bertz CT molecular complexity index is 878. The van der Waals surface area contributed by atoms with Crippen molar-refractivity contribution in [3.63, 3.8) is 0 Å². The SMILES string of the molecule is Cc1cc(S(=O)(=O)Cc2nnc3n2CCCCC3)ccc1C#N. The first kappa shape index (κ1) is 15.7. The zero-order valence-corrected chi connectivity index (χ0v) is 13.8. The second-order valence-electron chi connectivity index (χ2n) is 5.84. The van der Waals surface area contributed by atoms with Crippen LogP contribution in [-0.4, -0.2) is 23.2 Å². The van der Waals surface area contributed by atoms with Gasteiger partial charge in [0, 0.05) is 13.0 Å². The number of rotatable bonds is 3. The van der Waals surface area contributed by atoms with Gasteiger partial charge < -0.3 is 4.57 Å². The van der Waals surface area contributed by atoms with Crippen molar-refractivity contribution in [3.8, 4) is 6.07 Å². The summed E-state index contributed by atoms with van der Waals surface area (Å²) in [5.74, 6) is 1.22. The van der Waals surface area contributed by atoms with Crippen LogP contribution in [0, 0.1) is 18.3 Å². The van der Waals surface area contributed by atoms with Gasteiger partial charge in [0.25, 0.3) is 0 Å². The van der Waals surface area contributed by atoms with E-state index in [1.165, 1.54) is 6.07 Å². The predicted molar refractivity (Wildman–Crippen MR) is 84.4 cm³/mol. The Morgan fingerprint density at radius 2 is 2.09 bits per heavy atom. The van der Waals surface area contributed by atoms with Crippen molar-refractivity contribution in [1.29, 1.82) is 5.26 Å². The van der Waals surface area contributed by atoms with Gasteiger partial charge in [-0.2, -0.15) is 5.26 Å². The van der Waals surface area contributed by atoms with Gasteiger partial charge in [-0.15, -0.1) is 10.2 Å². The molecular weight excluding hydrogens is 312 g/mol. The largest absolute Gasteiger partial charge is 0.314 e. The molecule has 0 saturated heterocycles. The van der Waals surface area contributed by atoms with E-state index in [1.807, 2.05) is 10.6 Å². The van der Waals surface area contributed by atoms with Crippen molar-refractivity contribution in [2.24, 2.45) is 0 Å². The first-order valence-corrected chi connectivity index (χ1v) is 9.31. The first-order chi connectivity index (χ1) is 11.0. The molecule has 2 heterocycles. The molecule has 0 atom stereocenters. The second-order valence-corrected chi connectivity index (χ2v) is 7.83. The van der Waals surface area contributed by atoms with Gasteiger partial charge in [-0.3, -0.25) is 0 Å². The third kappa shape index (κ3) is 3.13. The molecule has 6 nitrogen and oxygen atoms in total. The lowest BCUT2D eigenvalue weighted by atomic mass is 10.1. The molecule has 0 saturated carbocycles. The number of hydrogen-bond donors (Lipinski definition) is 0. The van der Waals surface area contributed by atoms with E-state index in [9.17, 15) is 8.42 Å². The standard InChI is InChI=1S/C16H18N4O2S/c1-12-9-14(7-6-13(12)10-17)23(21,22)11-16-19-18-15-5-3-2-4-8-20(15)16/h6-7,9H,2-5,8,11H2,1H3.